The lowest BCUT2D eigenvalue weighted by Crippen LogP contribution is -2.01. The number of nitrogens with zero attached hydrogens (tertiary/aromatic N) is 3. The summed E-state index contributed by atoms with van der Waals surface area (Å²) in [4.78, 5) is 11.0. The molecule has 0 unspecified atom stereocenters. The predicted octanol–water partition coefficient (Wildman–Crippen LogP) is 2.35. The fourth-order valence-electron chi connectivity index (χ4n) is 1.17. The number of aromatic nitrogens is 3. The molecule has 0 amide bonds. The van der Waals surface area contributed by atoms with Crippen molar-refractivity contribution >= 4 is 17.5 Å². The van der Waals surface area contributed by atoms with Gasteiger partial charge in [-0.25, -0.2) is 4.39 Å². The Bertz CT molecular complexity index is 544. The molecule has 2 aromatic rings. The first-order valence-electron chi connectivity index (χ1n) is 4.65. The van der Waals surface area contributed by atoms with E-state index < -0.39 is 5.82 Å². The zero-order chi connectivity index (χ0) is 12.4. The number of hydrogen-bond acceptors (Lipinski definition) is 5. The van der Waals surface area contributed by atoms with Gasteiger partial charge in [-0.1, -0.05) is 6.07 Å². The number of aryl methyl sites for hydroxylation is 1. The van der Waals surface area contributed by atoms with Gasteiger partial charge in [0.05, 0.1) is 0 Å². The van der Waals surface area contributed by atoms with Gasteiger partial charge in [-0.2, -0.15) is 15.0 Å². The predicted molar refractivity (Wildman–Crippen MR) is 60.5 cm³/mol. The lowest BCUT2D eigenvalue weighted by molar-refractivity contribution is 0.433. The van der Waals surface area contributed by atoms with E-state index in [2.05, 4.69) is 15.0 Å². The third-order valence-corrected chi connectivity index (χ3v) is 2.13. The van der Waals surface area contributed by atoms with Crippen molar-refractivity contribution in [1.29, 1.82) is 0 Å². The molecule has 1 aromatic carbocycles. The lowest BCUT2D eigenvalue weighted by atomic mass is 10.2. The maximum absolute atomic E-state index is 13.0. The second-order valence-corrected chi connectivity index (χ2v) is 3.60. The monoisotopic (exact) mass is 254 g/mol. The van der Waals surface area contributed by atoms with Gasteiger partial charge in [-0.15, -0.1) is 0 Å². The highest BCUT2D eigenvalue weighted by Gasteiger charge is 2.08. The summed E-state index contributed by atoms with van der Waals surface area (Å²) in [6.45, 7) is 1.76. The molecule has 7 heteroatoms. The van der Waals surface area contributed by atoms with E-state index in [-0.39, 0.29) is 17.2 Å². The first kappa shape index (κ1) is 11.5. The van der Waals surface area contributed by atoms with Crippen molar-refractivity contribution in [3.05, 3.63) is 34.9 Å². The number of anilines is 1. The van der Waals surface area contributed by atoms with Crippen LogP contribution in [0.2, 0.25) is 5.28 Å². The molecule has 0 saturated carbocycles. The van der Waals surface area contributed by atoms with Gasteiger partial charge >= 0.3 is 6.01 Å². The normalized spacial score (nSPS) is 10.3. The number of nitrogen functional groups attached to an aromatic ring is 1. The van der Waals surface area contributed by atoms with Crippen LogP contribution in [0, 0.1) is 12.7 Å². The topological polar surface area (TPSA) is 73.9 Å². The Hall–Kier alpha value is -1.95. The van der Waals surface area contributed by atoms with Crippen molar-refractivity contribution in [2.24, 2.45) is 0 Å². The second-order valence-electron chi connectivity index (χ2n) is 3.26. The fraction of sp³-hybridized carbons (Fsp3) is 0.100. The van der Waals surface area contributed by atoms with Gasteiger partial charge in [-0.05, 0) is 30.2 Å². The molecule has 2 rings (SSSR count). The molecule has 0 radical (unpaired) electrons. The smallest absolute Gasteiger partial charge is 0.328 e. The Morgan fingerprint density at radius 3 is 2.76 bits per heavy atom. The number of nitrogens with two attached hydrogens (primary N) is 1. The van der Waals surface area contributed by atoms with Crippen LogP contribution in [0.1, 0.15) is 5.56 Å². The van der Waals surface area contributed by atoms with E-state index in [0.717, 1.165) is 5.56 Å². The highest BCUT2D eigenvalue weighted by Crippen LogP contribution is 2.24. The van der Waals surface area contributed by atoms with Crippen molar-refractivity contribution in [3.63, 3.8) is 0 Å². The van der Waals surface area contributed by atoms with Crippen molar-refractivity contribution in [2.45, 2.75) is 6.92 Å². The maximum Gasteiger partial charge on any atom is 0.328 e. The first-order valence-corrected chi connectivity index (χ1v) is 5.03. The van der Waals surface area contributed by atoms with Gasteiger partial charge in [0, 0.05) is 6.07 Å². The highest BCUT2D eigenvalue weighted by atomic mass is 35.5. The molecule has 5 nitrogen and oxygen atoms in total. The molecule has 1 aromatic heterocycles. The summed E-state index contributed by atoms with van der Waals surface area (Å²) in [7, 11) is 0. The minimum Gasteiger partial charge on any atom is -0.424 e. The Labute approximate surface area is 101 Å². The molecule has 0 bridgehead atoms. The third kappa shape index (κ3) is 2.79. The van der Waals surface area contributed by atoms with Gasteiger partial charge in [0.2, 0.25) is 11.2 Å². The van der Waals surface area contributed by atoms with Crippen LogP contribution in [-0.2, 0) is 0 Å². The lowest BCUT2D eigenvalue weighted by Gasteiger charge is -2.07. The summed E-state index contributed by atoms with van der Waals surface area (Å²) in [5.41, 5.74) is 6.12. The highest BCUT2D eigenvalue weighted by molar-refractivity contribution is 6.28. The molecule has 0 atom stereocenters. The Balaban J connectivity index is 2.34. The molecule has 1 heterocycles. The SMILES string of the molecule is Cc1ccc(F)cc1Oc1nc(N)nc(Cl)n1. The average molecular weight is 255 g/mol. The molecule has 0 saturated heterocycles. The molecule has 2 N–H and O–H groups in total. The van der Waals surface area contributed by atoms with Crippen molar-refractivity contribution < 1.29 is 9.13 Å². The largest absolute Gasteiger partial charge is 0.424 e. The van der Waals surface area contributed by atoms with Gasteiger partial charge in [0.1, 0.15) is 11.6 Å². The summed E-state index contributed by atoms with van der Waals surface area (Å²) in [5.74, 6) is -0.181. The summed E-state index contributed by atoms with van der Waals surface area (Å²) in [6.07, 6.45) is 0. The van der Waals surface area contributed by atoms with E-state index in [1.54, 1.807) is 13.0 Å². The number of rotatable bonds is 2. The van der Waals surface area contributed by atoms with Crippen LogP contribution < -0.4 is 10.5 Å². The molecule has 0 aliphatic heterocycles. The van der Waals surface area contributed by atoms with Crippen LogP contribution in [0.3, 0.4) is 0 Å². The number of ether oxygens (including phenoxy) is 1. The Kier molecular flexibility index (Phi) is 3.06. The molecule has 88 valence electrons. The number of hydrogen-bond donors (Lipinski definition) is 1. The molecule has 0 aliphatic carbocycles. The second kappa shape index (κ2) is 4.50. The van der Waals surface area contributed by atoms with Crippen molar-refractivity contribution in [2.75, 3.05) is 5.73 Å². The minimum absolute atomic E-state index is 0.0611. The molecule has 0 fully saturated rings. The molecular weight excluding hydrogens is 247 g/mol. The maximum atomic E-state index is 13.0. The van der Waals surface area contributed by atoms with E-state index in [9.17, 15) is 4.39 Å². The summed E-state index contributed by atoms with van der Waals surface area (Å²) in [6, 6.07) is 4.06. The standard InChI is InChI=1S/C10H8ClFN4O/c1-5-2-3-6(12)4-7(5)17-10-15-8(11)14-9(13)16-10/h2-4H,1H3,(H2,13,14,15,16). The summed E-state index contributed by atoms with van der Waals surface area (Å²) in [5, 5.41) is -0.0819. The third-order valence-electron chi connectivity index (χ3n) is 1.96. The average Bonchev–Trinajstić information content (AvgIpc) is 2.22. The van der Waals surface area contributed by atoms with E-state index in [1.807, 2.05) is 0 Å². The van der Waals surface area contributed by atoms with Gasteiger partial charge < -0.3 is 10.5 Å². The summed E-state index contributed by atoms with van der Waals surface area (Å²) < 4.78 is 18.3. The zero-order valence-electron chi connectivity index (χ0n) is 8.82. The summed E-state index contributed by atoms with van der Waals surface area (Å²) >= 11 is 5.59. The van der Waals surface area contributed by atoms with Crippen molar-refractivity contribution in [3.8, 4) is 11.8 Å². The quantitative estimate of drug-likeness (QED) is 0.890. The Morgan fingerprint density at radius 2 is 2.06 bits per heavy atom. The zero-order valence-corrected chi connectivity index (χ0v) is 9.57. The van der Waals surface area contributed by atoms with Gasteiger partial charge in [0.15, 0.2) is 0 Å². The number of halogens is 2. The van der Waals surface area contributed by atoms with Crippen LogP contribution in [0.15, 0.2) is 18.2 Å². The molecular formula is C10H8ClFN4O. The van der Waals surface area contributed by atoms with Crippen LogP contribution >= 0.6 is 11.6 Å². The molecule has 0 aliphatic rings. The van der Waals surface area contributed by atoms with Crippen LogP contribution in [-0.4, -0.2) is 15.0 Å². The van der Waals surface area contributed by atoms with Gasteiger partial charge in [-0.3, -0.25) is 0 Å². The molecule has 17 heavy (non-hydrogen) atoms. The molecule has 0 spiro atoms. The first-order chi connectivity index (χ1) is 8.04. The Morgan fingerprint density at radius 1 is 1.29 bits per heavy atom. The number of benzene rings is 1. The van der Waals surface area contributed by atoms with Crippen LogP contribution in [0.5, 0.6) is 11.8 Å². The van der Waals surface area contributed by atoms with E-state index >= 15 is 0 Å². The van der Waals surface area contributed by atoms with Crippen LogP contribution in [0.4, 0.5) is 10.3 Å². The van der Waals surface area contributed by atoms with Crippen molar-refractivity contribution in [1.82, 2.24) is 15.0 Å². The minimum atomic E-state index is -0.418. The fourth-order valence-corrected chi connectivity index (χ4v) is 1.33. The van der Waals surface area contributed by atoms with E-state index in [1.165, 1.54) is 12.1 Å². The van der Waals surface area contributed by atoms with Gasteiger partial charge in [0.25, 0.3) is 0 Å². The van der Waals surface area contributed by atoms with E-state index in [4.69, 9.17) is 22.1 Å². The van der Waals surface area contributed by atoms with Crippen LogP contribution in [0.25, 0.3) is 0 Å². The van der Waals surface area contributed by atoms with E-state index in [0.29, 0.717) is 5.75 Å².